The Morgan fingerprint density at radius 2 is 1.96 bits per heavy atom. The molecule has 2 rings (SSSR count). The van der Waals surface area contributed by atoms with Gasteiger partial charge in [-0.15, -0.1) is 0 Å². The largest absolute Gasteiger partial charge is 0.459 e. The monoisotopic (exact) mass is 354 g/mol. The van der Waals surface area contributed by atoms with Crippen molar-refractivity contribution >= 4 is 11.8 Å². The zero-order valence-corrected chi connectivity index (χ0v) is 13.4. The Kier molecular flexibility index (Phi) is 5.84. The van der Waals surface area contributed by atoms with Gasteiger partial charge in [-0.3, -0.25) is 9.59 Å². The van der Waals surface area contributed by atoms with Crippen LogP contribution in [0.1, 0.15) is 41.1 Å². The fraction of sp³-hybridized carbons (Fsp3) is 0.294. The summed E-state index contributed by atoms with van der Waals surface area (Å²) in [5.41, 5.74) is -0.417. The number of nitrogens with one attached hydrogen (secondary N) is 2. The number of hydrogen-bond acceptors (Lipinski definition) is 3. The molecule has 0 saturated carbocycles. The van der Waals surface area contributed by atoms with Crippen molar-refractivity contribution in [3.63, 3.8) is 0 Å². The maximum atomic E-state index is 12.7. The van der Waals surface area contributed by atoms with Crippen molar-refractivity contribution in [2.24, 2.45) is 0 Å². The number of hydrogen-bond donors (Lipinski definition) is 2. The lowest BCUT2D eigenvalue weighted by atomic mass is 10.0. The van der Waals surface area contributed by atoms with Crippen LogP contribution < -0.4 is 10.6 Å². The van der Waals surface area contributed by atoms with Crippen molar-refractivity contribution in [1.29, 1.82) is 0 Å². The molecule has 0 bridgehead atoms. The summed E-state index contributed by atoms with van der Waals surface area (Å²) in [5, 5.41) is 5.12. The summed E-state index contributed by atoms with van der Waals surface area (Å²) in [6.45, 7) is 1.68. The number of rotatable bonds is 6. The predicted octanol–water partition coefficient (Wildman–Crippen LogP) is 3.30. The smallest absolute Gasteiger partial charge is 0.416 e. The van der Waals surface area contributed by atoms with E-state index in [9.17, 15) is 22.8 Å². The molecule has 2 N–H and O–H groups in total. The van der Waals surface area contributed by atoms with Crippen molar-refractivity contribution in [3.8, 4) is 0 Å². The molecule has 1 aromatic heterocycles. The van der Waals surface area contributed by atoms with E-state index in [1.165, 1.54) is 24.5 Å². The topological polar surface area (TPSA) is 71.3 Å². The van der Waals surface area contributed by atoms with Crippen molar-refractivity contribution in [3.05, 3.63) is 59.5 Å². The highest BCUT2D eigenvalue weighted by molar-refractivity contribution is 5.91. The van der Waals surface area contributed by atoms with Crippen LogP contribution in [0.4, 0.5) is 13.2 Å². The Balaban J connectivity index is 1.83. The van der Waals surface area contributed by atoms with Crippen LogP contribution in [-0.4, -0.2) is 18.4 Å². The molecule has 0 aliphatic rings. The van der Waals surface area contributed by atoms with Gasteiger partial charge in [-0.1, -0.05) is 12.1 Å². The van der Waals surface area contributed by atoms with Gasteiger partial charge >= 0.3 is 6.18 Å². The van der Waals surface area contributed by atoms with Gasteiger partial charge in [0.05, 0.1) is 17.9 Å². The lowest BCUT2D eigenvalue weighted by molar-refractivity contribution is -0.137. The Bertz CT molecular complexity index is 727. The minimum Gasteiger partial charge on any atom is -0.459 e. The molecule has 0 aliphatic heterocycles. The molecule has 8 heteroatoms. The summed E-state index contributed by atoms with van der Waals surface area (Å²) < 4.78 is 43.1. The van der Waals surface area contributed by atoms with Crippen LogP contribution in [0.2, 0.25) is 0 Å². The highest BCUT2D eigenvalue weighted by atomic mass is 19.4. The first-order chi connectivity index (χ1) is 11.8. The molecule has 5 nitrogen and oxygen atoms in total. The molecule has 1 aromatic carbocycles. The van der Waals surface area contributed by atoms with E-state index in [1.807, 2.05) is 0 Å². The van der Waals surface area contributed by atoms with Gasteiger partial charge in [-0.05, 0) is 36.8 Å². The number of halogens is 3. The van der Waals surface area contributed by atoms with E-state index in [1.54, 1.807) is 13.0 Å². The van der Waals surface area contributed by atoms with Crippen LogP contribution in [0.5, 0.6) is 0 Å². The first-order valence-corrected chi connectivity index (χ1v) is 7.55. The second kappa shape index (κ2) is 7.87. The molecule has 0 radical (unpaired) electrons. The lowest BCUT2D eigenvalue weighted by Gasteiger charge is -2.16. The van der Waals surface area contributed by atoms with Gasteiger partial charge in [0.25, 0.3) is 5.91 Å². The van der Waals surface area contributed by atoms with E-state index in [4.69, 9.17) is 4.42 Å². The van der Waals surface area contributed by atoms with Gasteiger partial charge in [0, 0.05) is 13.0 Å². The number of furan rings is 1. The maximum Gasteiger partial charge on any atom is 0.416 e. The maximum absolute atomic E-state index is 12.7. The number of carbonyl (C=O) groups is 2. The summed E-state index contributed by atoms with van der Waals surface area (Å²) in [6.07, 6.45) is -3.08. The molecule has 1 unspecified atom stereocenters. The molecular weight excluding hydrogens is 337 g/mol. The second-order valence-electron chi connectivity index (χ2n) is 5.40. The zero-order valence-electron chi connectivity index (χ0n) is 13.4. The molecule has 0 aliphatic carbocycles. The number of amides is 2. The molecule has 0 spiro atoms. The normalized spacial score (nSPS) is 12.5. The standard InChI is InChI=1S/C17H17F3N2O3/c1-11(12-4-2-5-13(10-12)17(18,19)20)22-15(23)7-8-21-16(24)14-6-3-9-25-14/h2-6,9-11H,7-8H2,1H3,(H,21,24)(H,22,23). The summed E-state index contributed by atoms with van der Waals surface area (Å²) in [6, 6.07) is 7.26. The van der Waals surface area contributed by atoms with E-state index in [0.29, 0.717) is 5.56 Å². The fourth-order valence-corrected chi connectivity index (χ4v) is 2.17. The third-order valence-corrected chi connectivity index (χ3v) is 3.47. The van der Waals surface area contributed by atoms with Crippen LogP contribution in [0.3, 0.4) is 0 Å². The van der Waals surface area contributed by atoms with E-state index >= 15 is 0 Å². The predicted molar refractivity (Wildman–Crippen MR) is 83.7 cm³/mol. The van der Waals surface area contributed by atoms with Gasteiger partial charge in [0.1, 0.15) is 0 Å². The minimum atomic E-state index is -4.43. The molecule has 25 heavy (non-hydrogen) atoms. The van der Waals surface area contributed by atoms with Crippen LogP contribution in [0.25, 0.3) is 0 Å². The number of benzene rings is 1. The molecule has 134 valence electrons. The Labute approximate surface area is 142 Å². The summed E-state index contributed by atoms with van der Waals surface area (Å²) in [7, 11) is 0. The minimum absolute atomic E-state index is 0.00422. The molecule has 1 heterocycles. The van der Waals surface area contributed by atoms with E-state index in [-0.39, 0.29) is 24.6 Å². The third-order valence-electron chi connectivity index (χ3n) is 3.47. The van der Waals surface area contributed by atoms with Gasteiger partial charge in [0.15, 0.2) is 5.76 Å². The summed E-state index contributed by atoms with van der Waals surface area (Å²) >= 11 is 0. The molecule has 0 fully saturated rings. The average molecular weight is 354 g/mol. The second-order valence-corrected chi connectivity index (χ2v) is 5.40. The van der Waals surface area contributed by atoms with E-state index < -0.39 is 23.7 Å². The van der Waals surface area contributed by atoms with Crippen LogP contribution in [-0.2, 0) is 11.0 Å². The Morgan fingerprint density at radius 1 is 1.20 bits per heavy atom. The lowest BCUT2D eigenvalue weighted by Crippen LogP contribution is -2.32. The van der Waals surface area contributed by atoms with Crippen LogP contribution in [0.15, 0.2) is 47.1 Å². The SMILES string of the molecule is CC(NC(=O)CCNC(=O)c1ccco1)c1cccc(C(F)(F)F)c1. The van der Waals surface area contributed by atoms with E-state index in [0.717, 1.165) is 12.1 Å². The van der Waals surface area contributed by atoms with Crippen molar-refractivity contribution in [2.75, 3.05) is 6.54 Å². The molecule has 1 atom stereocenters. The average Bonchev–Trinajstić information content (AvgIpc) is 3.08. The van der Waals surface area contributed by atoms with Gasteiger partial charge in [0.2, 0.25) is 5.91 Å². The summed E-state index contributed by atoms with van der Waals surface area (Å²) in [5.74, 6) is -0.689. The van der Waals surface area contributed by atoms with Crippen LogP contribution >= 0.6 is 0 Å². The highest BCUT2D eigenvalue weighted by Crippen LogP contribution is 2.30. The number of alkyl halides is 3. The highest BCUT2D eigenvalue weighted by Gasteiger charge is 2.30. The Hall–Kier alpha value is -2.77. The molecule has 0 saturated heterocycles. The fourth-order valence-electron chi connectivity index (χ4n) is 2.17. The quantitative estimate of drug-likeness (QED) is 0.836. The van der Waals surface area contributed by atoms with Crippen LogP contribution in [0, 0.1) is 0 Å². The van der Waals surface area contributed by atoms with E-state index in [2.05, 4.69) is 10.6 Å². The summed E-state index contributed by atoms with van der Waals surface area (Å²) in [4.78, 5) is 23.5. The molecule has 2 aromatic rings. The van der Waals surface area contributed by atoms with Gasteiger partial charge in [-0.25, -0.2) is 0 Å². The van der Waals surface area contributed by atoms with Gasteiger partial charge in [-0.2, -0.15) is 13.2 Å². The first kappa shape index (κ1) is 18.6. The first-order valence-electron chi connectivity index (χ1n) is 7.55. The van der Waals surface area contributed by atoms with Crippen molar-refractivity contribution < 1.29 is 27.2 Å². The number of carbonyl (C=O) groups excluding carboxylic acids is 2. The molecule has 2 amide bonds. The van der Waals surface area contributed by atoms with Crippen molar-refractivity contribution in [1.82, 2.24) is 10.6 Å². The van der Waals surface area contributed by atoms with Crippen molar-refractivity contribution in [2.45, 2.75) is 25.6 Å². The zero-order chi connectivity index (χ0) is 18.4. The third kappa shape index (κ3) is 5.37. The Morgan fingerprint density at radius 3 is 2.60 bits per heavy atom. The van der Waals surface area contributed by atoms with Gasteiger partial charge < -0.3 is 15.1 Å². The molecular formula is C17H17F3N2O3.